The van der Waals surface area contributed by atoms with Gasteiger partial charge in [-0.2, -0.15) is 0 Å². The fourth-order valence-electron chi connectivity index (χ4n) is 1.96. The summed E-state index contributed by atoms with van der Waals surface area (Å²) in [7, 11) is 0. The van der Waals surface area contributed by atoms with Crippen LogP contribution in [0.3, 0.4) is 0 Å². The number of benzene rings is 1. The number of pyridine rings is 1. The number of nitro benzene ring substituents is 2. The zero-order valence-corrected chi connectivity index (χ0v) is 10.6. The monoisotopic (exact) mass is 273 g/mol. The van der Waals surface area contributed by atoms with Crippen molar-refractivity contribution in [2.24, 2.45) is 0 Å². The lowest BCUT2D eigenvalue weighted by molar-refractivity contribution is -0.394. The molecule has 1 atom stereocenters. The summed E-state index contributed by atoms with van der Waals surface area (Å²) in [5.41, 5.74) is 0.509. The van der Waals surface area contributed by atoms with Gasteiger partial charge in [0.25, 0.3) is 11.4 Å². The van der Waals surface area contributed by atoms with E-state index in [0.29, 0.717) is 11.3 Å². The van der Waals surface area contributed by atoms with Crippen molar-refractivity contribution < 1.29 is 9.85 Å². The predicted molar refractivity (Wildman–Crippen MR) is 71.5 cm³/mol. The van der Waals surface area contributed by atoms with Gasteiger partial charge in [-0.25, -0.2) is 0 Å². The van der Waals surface area contributed by atoms with E-state index in [1.54, 1.807) is 31.3 Å². The van der Waals surface area contributed by atoms with Gasteiger partial charge in [0.05, 0.1) is 15.9 Å². The molecule has 0 fully saturated rings. The Morgan fingerprint density at radius 3 is 2.40 bits per heavy atom. The van der Waals surface area contributed by atoms with Crippen molar-refractivity contribution in [1.29, 1.82) is 0 Å². The second-order valence-electron chi connectivity index (χ2n) is 4.23. The Labute approximate surface area is 114 Å². The number of non-ortho nitro benzene ring substituents is 1. The largest absolute Gasteiger partial charge is 0.280 e. The molecule has 7 nitrogen and oxygen atoms in total. The standard InChI is InChI=1S/C13H11N3O4/c1-9(12-4-2-3-7-14-12)11-6-5-10(15(17)18)8-13(11)16(19)20/h2-9H,1H3. The van der Waals surface area contributed by atoms with E-state index < -0.39 is 9.85 Å². The highest BCUT2D eigenvalue weighted by atomic mass is 16.6. The minimum atomic E-state index is -0.651. The van der Waals surface area contributed by atoms with Crippen LogP contribution >= 0.6 is 0 Å². The predicted octanol–water partition coefficient (Wildman–Crippen LogP) is 3.05. The molecule has 1 heterocycles. The van der Waals surface area contributed by atoms with Gasteiger partial charge in [0.2, 0.25) is 0 Å². The summed E-state index contributed by atoms with van der Waals surface area (Å²) < 4.78 is 0. The van der Waals surface area contributed by atoms with Gasteiger partial charge in [0.15, 0.2) is 0 Å². The van der Waals surface area contributed by atoms with Crippen molar-refractivity contribution >= 4 is 11.4 Å². The molecule has 0 N–H and O–H groups in total. The summed E-state index contributed by atoms with van der Waals surface area (Å²) in [6, 6.07) is 8.96. The summed E-state index contributed by atoms with van der Waals surface area (Å²) in [5.74, 6) is -0.322. The lowest BCUT2D eigenvalue weighted by Gasteiger charge is -2.11. The molecule has 20 heavy (non-hydrogen) atoms. The molecule has 1 aromatic heterocycles. The molecule has 1 unspecified atom stereocenters. The maximum atomic E-state index is 11.1. The molecule has 102 valence electrons. The maximum Gasteiger partial charge on any atom is 0.280 e. The maximum absolute atomic E-state index is 11.1. The molecule has 0 radical (unpaired) electrons. The van der Waals surface area contributed by atoms with E-state index >= 15 is 0 Å². The summed E-state index contributed by atoms with van der Waals surface area (Å²) >= 11 is 0. The Morgan fingerprint density at radius 2 is 1.85 bits per heavy atom. The van der Waals surface area contributed by atoms with E-state index in [1.807, 2.05) is 0 Å². The van der Waals surface area contributed by atoms with Gasteiger partial charge in [-0.1, -0.05) is 13.0 Å². The first kappa shape index (κ1) is 13.6. The Balaban J connectivity index is 2.51. The molecular weight excluding hydrogens is 262 g/mol. The van der Waals surface area contributed by atoms with Crippen LogP contribution in [0.1, 0.15) is 24.1 Å². The third-order valence-electron chi connectivity index (χ3n) is 3.02. The smallest absolute Gasteiger partial charge is 0.261 e. The molecule has 0 aliphatic heterocycles. The fourth-order valence-corrected chi connectivity index (χ4v) is 1.96. The number of hydrogen-bond acceptors (Lipinski definition) is 5. The third kappa shape index (κ3) is 2.61. The summed E-state index contributed by atoms with van der Waals surface area (Å²) in [6.07, 6.45) is 1.60. The van der Waals surface area contributed by atoms with E-state index in [9.17, 15) is 20.2 Å². The molecule has 2 rings (SSSR count). The molecular formula is C13H11N3O4. The topological polar surface area (TPSA) is 99.2 Å². The lowest BCUT2D eigenvalue weighted by Crippen LogP contribution is -2.04. The van der Waals surface area contributed by atoms with Crippen LogP contribution < -0.4 is 0 Å². The summed E-state index contributed by atoms with van der Waals surface area (Å²) in [5, 5.41) is 21.8. The summed E-state index contributed by atoms with van der Waals surface area (Å²) in [6.45, 7) is 1.77. The van der Waals surface area contributed by atoms with E-state index in [1.165, 1.54) is 12.1 Å². The molecule has 0 saturated heterocycles. The van der Waals surface area contributed by atoms with Crippen LogP contribution in [0.4, 0.5) is 11.4 Å². The molecule has 0 bridgehead atoms. The van der Waals surface area contributed by atoms with E-state index in [4.69, 9.17) is 0 Å². The second kappa shape index (κ2) is 5.43. The van der Waals surface area contributed by atoms with Crippen LogP contribution in [-0.2, 0) is 0 Å². The van der Waals surface area contributed by atoms with Crippen molar-refractivity contribution in [3.8, 4) is 0 Å². The molecule has 0 spiro atoms. The minimum Gasteiger partial charge on any atom is -0.261 e. The zero-order valence-electron chi connectivity index (χ0n) is 10.6. The van der Waals surface area contributed by atoms with Gasteiger partial charge >= 0.3 is 0 Å². The van der Waals surface area contributed by atoms with Crippen LogP contribution in [0.15, 0.2) is 42.6 Å². The normalized spacial score (nSPS) is 11.8. The zero-order chi connectivity index (χ0) is 14.7. The molecule has 2 aromatic rings. The van der Waals surface area contributed by atoms with Gasteiger partial charge in [-0.3, -0.25) is 25.2 Å². The number of hydrogen-bond donors (Lipinski definition) is 0. The highest BCUT2D eigenvalue weighted by Crippen LogP contribution is 2.33. The quantitative estimate of drug-likeness (QED) is 0.629. The van der Waals surface area contributed by atoms with Crippen LogP contribution in [0.25, 0.3) is 0 Å². The molecule has 0 saturated carbocycles. The first-order chi connectivity index (χ1) is 9.50. The Bertz CT molecular complexity index is 658. The number of aromatic nitrogens is 1. The average Bonchev–Trinajstić information content (AvgIpc) is 2.46. The molecule has 0 aliphatic rings. The summed E-state index contributed by atoms with van der Waals surface area (Å²) in [4.78, 5) is 24.7. The Hall–Kier alpha value is -2.83. The Morgan fingerprint density at radius 1 is 1.10 bits per heavy atom. The fraction of sp³-hybridized carbons (Fsp3) is 0.154. The van der Waals surface area contributed by atoms with Crippen LogP contribution in [0.2, 0.25) is 0 Å². The van der Waals surface area contributed by atoms with E-state index in [0.717, 1.165) is 6.07 Å². The van der Waals surface area contributed by atoms with Crippen molar-refractivity contribution in [2.75, 3.05) is 0 Å². The number of rotatable bonds is 4. The number of nitrogens with zero attached hydrogens (tertiary/aromatic N) is 3. The highest BCUT2D eigenvalue weighted by Gasteiger charge is 2.24. The van der Waals surface area contributed by atoms with Crippen molar-refractivity contribution in [3.05, 3.63) is 74.1 Å². The number of nitro groups is 2. The minimum absolute atomic E-state index is 0.266. The SMILES string of the molecule is CC(c1ccccn1)c1ccc([N+](=O)[O-])cc1[N+](=O)[O-]. The molecule has 7 heteroatoms. The first-order valence-corrected chi connectivity index (χ1v) is 5.84. The van der Waals surface area contributed by atoms with E-state index in [2.05, 4.69) is 4.98 Å². The van der Waals surface area contributed by atoms with E-state index in [-0.39, 0.29) is 17.3 Å². The van der Waals surface area contributed by atoms with Crippen molar-refractivity contribution in [3.63, 3.8) is 0 Å². The Kier molecular flexibility index (Phi) is 3.69. The van der Waals surface area contributed by atoms with Gasteiger partial charge in [-0.15, -0.1) is 0 Å². The lowest BCUT2D eigenvalue weighted by atomic mass is 9.95. The average molecular weight is 273 g/mol. The van der Waals surface area contributed by atoms with Crippen molar-refractivity contribution in [2.45, 2.75) is 12.8 Å². The highest BCUT2D eigenvalue weighted by molar-refractivity contribution is 5.52. The van der Waals surface area contributed by atoms with Crippen LogP contribution in [0, 0.1) is 20.2 Å². The molecule has 0 aliphatic carbocycles. The molecule has 0 amide bonds. The van der Waals surface area contributed by atoms with Gasteiger partial charge in [-0.05, 0) is 18.2 Å². The third-order valence-corrected chi connectivity index (χ3v) is 3.02. The van der Waals surface area contributed by atoms with Crippen LogP contribution in [0.5, 0.6) is 0 Å². The first-order valence-electron chi connectivity index (χ1n) is 5.84. The van der Waals surface area contributed by atoms with Crippen LogP contribution in [-0.4, -0.2) is 14.8 Å². The van der Waals surface area contributed by atoms with Gasteiger partial charge in [0, 0.05) is 29.4 Å². The van der Waals surface area contributed by atoms with Gasteiger partial charge in [0.1, 0.15) is 0 Å². The molecule has 1 aromatic carbocycles. The second-order valence-corrected chi connectivity index (χ2v) is 4.23. The van der Waals surface area contributed by atoms with Gasteiger partial charge < -0.3 is 0 Å². The van der Waals surface area contributed by atoms with Crippen molar-refractivity contribution in [1.82, 2.24) is 4.98 Å².